The summed E-state index contributed by atoms with van der Waals surface area (Å²) in [5.74, 6) is 1.11. The Kier molecular flexibility index (Phi) is 3.51. The average molecular weight is 286 g/mol. The number of hydrogen-bond donors (Lipinski definition) is 0. The summed E-state index contributed by atoms with van der Waals surface area (Å²) in [6.07, 6.45) is 11.8. The van der Waals surface area contributed by atoms with Crippen LogP contribution in [0.5, 0.6) is 5.75 Å². The minimum absolute atomic E-state index is 0.825. The highest BCUT2D eigenvalue weighted by Gasteiger charge is 2.26. The Morgan fingerprint density at radius 2 is 2.20 bits per heavy atom. The number of fused-ring (bicyclic) bond motifs is 3. The second-order valence-electron chi connectivity index (χ2n) is 6.30. The number of rotatable bonds is 3. The van der Waals surface area contributed by atoms with Gasteiger partial charge in [-0.25, -0.2) is 0 Å². The Morgan fingerprint density at radius 1 is 1.20 bits per heavy atom. The molecular weight excluding hydrogens is 264 g/mol. The molecule has 0 aromatic heterocycles. The third kappa shape index (κ3) is 2.63. The Hall–Kier alpha value is -0.890. The third-order valence-corrected chi connectivity index (χ3v) is 6.29. The maximum absolute atomic E-state index is 5.58. The molecule has 0 saturated carbocycles. The molecule has 0 aliphatic carbocycles. The summed E-state index contributed by atoms with van der Waals surface area (Å²) in [5, 5.41) is 1.74. The normalized spacial score (nSPS) is 27.7. The van der Waals surface area contributed by atoms with Crippen molar-refractivity contribution < 1.29 is 4.74 Å². The van der Waals surface area contributed by atoms with Crippen molar-refractivity contribution in [2.75, 3.05) is 6.61 Å². The van der Waals surface area contributed by atoms with Gasteiger partial charge in [-0.2, -0.15) is 11.8 Å². The van der Waals surface area contributed by atoms with Crippen LogP contribution in [0.2, 0.25) is 0 Å². The van der Waals surface area contributed by atoms with Crippen molar-refractivity contribution in [3.8, 4) is 5.75 Å². The third-order valence-electron chi connectivity index (χ3n) is 4.78. The molecule has 0 N–H and O–H groups in total. The minimum Gasteiger partial charge on any atom is -0.493 e. The number of ether oxygens (including phenoxy) is 1. The highest BCUT2D eigenvalue weighted by molar-refractivity contribution is 8.00. The zero-order valence-corrected chi connectivity index (χ0v) is 12.8. The predicted octanol–water partition coefficient (Wildman–Crippen LogP) is 4.54. The van der Waals surface area contributed by atoms with Gasteiger partial charge in [0.05, 0.1) is 6.61 Å². The fraction of sp³-hybridized carbons (Fsp3) is 0.556. The first-order valence-corrected chi connectivity index (χ1v) is 8.91. The zero-order valence-electron chi connectivity index (χ0n) is 11.9. The summed E-state index contributed by atoms with van der Waals surface area (Å²) in [6, 6.07) is 6.78. The molecule has 1 nitrogen and oxygen atoms in total. The van der Waals surface area contributed by atoms with Gasteiger partial charge in [0.1, 0.15) is 5.75 Å². The van der Waals surface area contributed by atoms with Crippen molar-refractivity contribution in [2.45, 2.75) is 55.4 Å². The maximum atomic E-state index is 5.58. The molecule has 1 fully saturated rings. The first-order valence-electron chi connectivity index (χ1n) is 7.96. The summed E-state index contributed by atoms with van der Waals surface area (Å²) < 4.78 is 5.58. The SMILES string of the molecule is C1=C(CCc2ccc3c(c2)CCO3)CC2CCCC1S2. The van der Waals surface area contributed by atoms with Crippen LogP contribution in [0.25, 0.3) is 0 Å². The summed E-state index contributed by atoms with van der Waals surface area (Å²) in [6.45, 7) is 0.866. The van der Waals surface area contributed by atoms with Gasteiger partial charge >= 0.3 is 0 Å². The number of allylic oxidation sites excluding steroid dienone is 1. The fourth-order valence-corrected chi connectivity index (χ4v) is 5.39. The first kappa shape index (κ1) is 12.8. The van der Waals surface area contributed by atoms with E-state index in [1.165, 1.54) is 49.7 Å². The Bertz CT molecular complexity index is 534. The number of aryl methyl sites for hydroxylation is 1. The van der Waals surface area contributed by atoms with Gasteiger partial charge < -0.3 is 4.74 Å². The molecule has 106 valence electrons. The summed E-state index contributed by atoms with van der Waals surface area (Å²) >= 11 is 2.22. The van der Waals surface area contributed by atoms with Crippen molar-refractivity contribution in [1.29, 1.82) is 0 Å². The summed E-state index contributed by atoms with van der Waals surface area (Å²) in [7, 11) is 0. The molecule has 3 aliphatic heterocycles. The molecule has 3 aliphatic rings. The van der Waals surface area contributed by atoms with Crippen LogP contribution in [0.3, 0.4) is 0 Å². The molecule has 2 bridgehead atoms. The second kappa shape index (κ2) is 5.48. The van der Waals surface area contributed by atoms with Gasteiger partial charge in [0, 0.05) is 16.9 Å². The van der Waals surface area contributed by atoms with Gasteiger partial charge in [-0.05, 0) is 49.3 Å². The van der Waals surface area contributed by atoms with E-state index in [0.717, 1.165) is 29.3 Å². The lowest BCUT2D eigenvalue weighted by Gasteiger charge is -2.33. The van der Waals surface area contributed by atoms with Crippen LogP contribution in [0.4, 0.5) is 0 Å². The Morgan fingerprint density at radius 3 is 3.15 bits per heavy atom. The zero-order chi connectivity index (χ0) is 13.4. The summed E-state index contributed by atoms with van der Waals surface area (Å²) in [4.78, 5) is 0. The van der Waals surface area contributed by atoms with Gasteiger partial charge in [-0.3, -0.25) is 0 Å². The molecular formula is C18H22OS. The van der Waals surface area contributed by atoms with Crippen LogP contribution in [-0.4, -0.2) is 17.1 Å². The van der Waals surface area contributed by atoms with E-state index >= 15 is 0 Å². The molecule has 1 saturated heterocycles. The topological polar surface area (TPSA) is 9.23 Å². The van der Waals surface area contributed by atoms with E-state index in [4.69, 9.17) is 4.74 Å². The number of thioether (sulfide) groups is 1. The van der Waals surface area contributed by atoms with E-state index in [0.29, 0.717) is 0 Å². The smallest absolute Gasteiger partial charge is 0.122 e. The quantitative estimate of drug-likeness (QED) is 0.755. The number of benzene rings is 1. The lowest BCUT2D eigenvalue weighted by atomic mass is 9.93. The Labute approximate surface area is 125 Å². The molecule has 1 aromatic carbocycles. The van der Waals surface area contributed by atoms with Crippen molar-refractivity contribution in [2.24, 2.45) is 0 Å². The van der Waals surface area contributed by atoms with Crippen LogP contribution in [-0.2, 0) is 12.8 Å². The highest BCUT2D eigenvalue weighted by atomic mass is 32.2. The monoisotopic (exact) mass is 286 g/mol. The van der Waals surface area contributed by atoms with Crippen LogP contribution in [0, 0.1) is 0 Å². The van der Waals surface area contributed by atoms with E-state index in [-0.39, 0.29) is 0 Å². The van der Waals surface area contributed by atoms with Crippen molar-refractivity contribution in [1.82, 2.24) is 0 Å². The van der Waals surface area contributed by atoms with Gasteiger partial charge in [0.15, 0.2) is 0 Å². The molecule has 2 unspecified atom stereocenters. The van der Waals surface area contributed by atoms with E-state index in [1.54, 1.807) is 5.57 Å². The van der Waals surface area contributed by atoms with Crippen molar-refractivity contribution >= 4 is 11.8 Å². The molecule has 0 radical (unpaired) electrons. The lowest BCUT2D eigenvalue weighted by Crippen LogP contribution is -2.21. The summed E-state index contributed by atoms with van der Waals surface area (Å²) in [5.41, 5.74) is 4.61. The van der Waals surface area contributed by atoms with E-state index in [1.807, 2.05) is 0 Å². The van der Waals surface area contributed by atoms with Crippen molar-refractivity contribution in [3.05, 3.63) is 41.0 Å². The van der Waals surface area contributed by atoms with E-state index < -0.39 is 0 Å². The van der Waals surface area contributed by atoms with E-state index in [2.05, 4.69) is 36.0 Å². The largest absolute Gasteiger partial charge is 0.493 e. The van der Waals surface area contributed by atoms with Gasteiger partial charge in [-0.1, -0.05) is 30.2 Å². The fourth-order valence-electron chi connectivity index (χ4n) is 3.71. The van der Waals surface area contributed by atoms with Crippen LogP contribution in [0.1, 0.15) is 43.2 Å². The maximum Gasteiger partial charge on any atom is 0.122 e. The first-order chi connectivity index (χ1) is 9.87. The molecule has 20 heavy (non-hydrogen) atoms. The molecule has 2 atom stereocenters. The second-order valence-corrected chi connectivity index (χ2v) is 7.84. The number of hydrogen-bond acceptors (Lipinski definition) is 2. The minimum atomic E-state index is 0.825. The van der Waals surface area contributed by atoms with E-state index in [9.17, 15) is 0 Å². The van der Waals surface area contributed by atoms with Gasteiger partial charge in [-0.15, -0.1) is 0 Å². The van der Waals surface area contributed by atoms with Gasteiger partial charge in [0.2, 0.25) is 0 Å². The lowest BCUT2D eigenvalue weighted by molar-refractivity contribution is 0.357. The highest BCUT2D eigenvalue weighted by Crippen LogP contribution is 2.41. The molecule has 0 spiro atoms. The molecule has 3 heterocycles. The Balaban J connectivity index is 1.42. The predicted molar refractivity (Wildman–Crippen MR) is 85.7 cm³/mol. The molecule has 4 rings (SSSR count). The molecule has 0 amide bonds. The van der Waals surface area contributed by atoms with Gasteiger partial charge in [0.25, 0.3) is 0 Å². The standard InChI is InChI=1S/C18H22OS/c1-2-16-11-14(12-17(3-1)20-16)5-4-13-6-7-18-15(10-13)8-9-19-18/h6-7,10-11,16-17H,1-5,8-9,12H2. The molecule has 1 aromatic rings. The van der Waals surface area contributed by atoms with Crippen LogP contribution < -0.4 is 4.74 Å². The van der Waals surface area contributed by atoms with Crippen molar-refractivity contribution in [3.63, 3.8) is 0 Å². The molecule has 2 heteroatoms. The van der Waals surface area contributed by atoms with Crippen LogP contribution in [0.15, 0.2) is 29.8 Å². The van der Waals surface area contributed by atoms with Crippen LogP contribution >= 0.6 is 11.8 Å². The average Bonchev–Trinajstić information content (AvgIpc) is 2.92.